The Morgan fingerprint density at radius 1 is 1.07 bits per heavy atom. The Kier molecular flexibility index (Phi) is 4.83. The molecule has 2 heterocycles. The Morgan fingerprint density at radius 2 is 1.87 bits per heavy atom. The van der Waals surface area contributed by atoms with Crippen molar-refractivity contribution >= 4 is 11.6 Å². The van der Waals surface area contributed by atoms with Gasteiger partial charge in [0.2, 0.25) is 0 Å². The molecule has 0 saturated carbocycles. The molecule has 30 heavy (non-hydrogen) atoms. The van der Waals surface area contributed by atoms with E-state index in [-0.39, 0.29) is 16.9 Å². The SMILES string of the molecule is Cc1cc(C)n(-c2ccc(C(=O)Nc3cccc(-n4c(C)c[nH]c4=O)c3)cc2F)n1. The highest BCUT2D eigenvalue weighted by molar-refractivity contribution is 6.04. The predicted octanol–water partition coefficient (Wildman–Crippen LogP) is 3.67. The van der Waals surface area contributed by atoms with Crippen molar-refractivity contribution in [1.82, 2.24) is 19.3 Å². The topological polar surface area (TPSA) is 84.7 Å². The molecule has 2 N–H and O–H groups in total. The molecule has 0 saturated heterocycles. The van der Waals surface area contributed by atoms with Gasteiger partial charge in [-0.3, -0.25) is 9.36 Å². The number of carbonyl (C=O) groups excluding carboxylic acids is 1. The normalized spacial score (nSPS) is 10.9. The number of hydrogen-bond donors (Lipinski definition) is 2. The largest absolute Gasteiger partial charge is 0.330 e. The van der Waals surface area contributed by atoms with Crippen molar-refractivity contribution in [3.05, 3.63) is 93.7 Å². The number of anilines is 1. The lowest BCUT2D eigenvalue weighted by Gasteiger charge is -2.10. The average molecular weight is 405 g/mol. The molecule has 0 radical (unpaired) electrons. The summed E-state index contributed by atoms with van der Waals surface area (Å²) < 4.78 is 17.7. The number of nitrogens with one attached hydrogen (secondary N) is 2. The molecule has 4 aromatic rings. The molecule has 4 rings (SSSR count). The Morgan fingerprint density at radius 3 is 2.50 bits per heavy atom. The second-order valence-corrected chi connectivity index (χ2v) is 7.08. The molecule has 0 bridgehead atoms. The smallest absolute Gasteiger partial charge is 0.322 e. The number of aryl methyl sites for hydroxylation is 3. The van der Waals surface area contributed by atoms with Crippen LogP contribution in [0.1, 0.15) is 27.4 Å². The molecule has 0 spiro atoms. The zero-order valence-electron chi connectivity index (χ0n) is 16.7. The lowest BCUT2D eigenvalue weighted by Crippen LogP contribution is -2.17. The summed E-state index contributed by atoms with van der Waals surface area (Å²) in [6.07, 6.45) is 1.61. The molecule has 2 aromatic carbocycles. The molecular weight excluding hydrogens is 385 g/mol. The van der Waals surface area contributed by atoms with Crippen molar-refractivity contribution in [1.29, 1.82) is 0 Å². The van der Waals surface area contributed by atoms with Crippen molar-refractivity contribution < 1.29 is 9.18 Å². The maximum Gasteiger partial charge on any atom is 0.330 e. The molecule has 0 aliphatic rings. The number of hydrogen-bond acceptors (Lipinski definition) is 3. The Bertz CT molecular complexity index is 1320. The first-order valence-electron chi connectivity index (χ1n) is 9.35. The van der Waals surface area contributed by atoms with E-state index in [1.54, 1.807) is 43.5 Å². The Balaban J connectivity index is 1.59. The van der Waals surface area contributed by atoms with Gasteiger partial charge in [0, 0.05) is 28.8 Å². The first kappa shape index (κ1) is 19.4. The number of H-pyrrole nitrogens is 1. The third kappa shape index (κ3) is 3.55. The fourth-order valence-corrected chi connectivity index (χ4v) is 3.40. The van der Waals surface area contributed by atoms with E-state index in [1.165, 1.54) is 21.4 Å². The second kappa shape index (κ2) is 7.47. The van der Waals surface area contributed by atoms with Gasteiger partial charge in [-0.1, -0.05) is 6.07 Å². The number of imidazole rings is 1. The monoisotopic (exact) mass is 405 g/mol. The highest BCUT2D eigenvalue weighted by Crippen LogP contribution is 2.20. The fourth-order valence-electron chi connectivity index (χ4n) is 3.40. The molecule has 0 atom stereocenters. The molecule has 0 aliphatic carbocycles. The molecule has 0 unspecified atom stereocenters. The number of aromatic amines is 1. The van der Waals surface area contributed by atoms with E-state index in [4.69, 9.17) is 0 Å². The highest BCUT2D eigenvalue weighted by atomic mass is 19.1. The van der Waals surface area contributed by atoms with Gasteiger partial charge in [-0.15, -0.1) is 0 Å². The third-order valence-electron chi connectivity index (χ3n) is 4.77. The van der Waals surface area contributed by atoms with Crippen molar-refractivity contribution in [3.63, 3.8) is 0 Å². The molecule has 1 amide bonds. The number of amides is 1. The van der Waals surface area contributed by atoms with Crippen molar-refractivity contribution in [3.8, 4) is 11.4 Å². The quantitative estimate of drug-likeness (QED) is 0.543. The number of nitrogens with zero attached hydrogens (tertiary/aromatic N) is 3. The van der Waals surface area contributed by atoms with Gasteiger partial charge in [0.15, 0.2) is 0 Å². The minimum absolute atomic E-state index is 0.179. The van der Waals surface area contributed by atoms with Gasteiger partial charge in [-0.2, -0.15) is 5.10 Å². The van der Waals surface area contributed by atoms with Crippen molar-refractivity contribution in [2.75, 3.05) is 5.32 Å². The fraction of sp³-hybridized carbons (Fsp3) is 0.136. The van der Waals surface area contributed by atoms with E-state index >= 15 is 0 Å². The molecular formula is C22H20FN5O2. The van der Waals surface area contributed by atoms with Gasteiger partial charge >= 0.3 is 5.69 Å². The van der Waals surface area contributed by atoms with E-state index in [0.29, 0.717) is 11.4 Å². The summed E-state index contributed by atoms with van der Waals surface area (Å²) in [7, 11) is 0. The van der Waals surface area contributed by atoms with E-state index in [0.717, 1.165) is 17.1 Å². The first-order valence-corrected chi connectivity index (χ1v) is 9.35. The maximum atomic E-state index is 14.7. The summed E-state index contributed by atoms with van der Waals surface area (Å²) in [6, 6.07) is 13.0. The Hall–Kier alpha value is -3.94. The van der Waals surface area contributed by atoms with Crippen LogP contribution in [0.3, 0.4) is 0 Å². The number of rotatable bonds is 4. The van der Waals surface area contributed by atoms with Crippen LogP contribution in [-0.4, -0.2) is 25.2 Å². The number of carbonyl (C=O) groups is 1. The van der Waals surface area contributed by atoms with Crippen LogP contribution in [0.2, 0.25) is 0 Å². The first-order chi connectivity index (χ1) is 14.3. The van der Waals surface area contributed by atoms with Gasteiger partial charge in [0.05, 0.1) is 11.4 Å². The number of benzene rings is 2. The van der Waals surface area contributed by atoms with Crippen LogP contribution in [0.15, 0.2) is 59.5 Å². The van der Waals surface area contributed by atoms with E-state index in [9.17, 15) is 14.0 Å². The lowest BCUT2D eigenvalue weighted by atomic mass is 10.1. The van der Waals surface area contributed by atoms with Gasteiger partial charge in [-0.05, 0) is 63.2 Å². The predicted molar refractivity (Wildman–Crippen MR) is 112 cm³/mol. The molecule has 2 aromatic heterocycles. The minimum Gasteiger partial charge on any atom is -0.322 e. The minimum atomic E-state index is -0.544. The van der Waals surface area contributed by atoms with Gasteiger partial charge in [0.1, 0.15) is 11.5 Å². The summed E-state index contributed by atoms with van der Waals surface area (Å²) in [4.78, 5) is 27.2. The lowest BCUT2D eigenvalue weighted by molar-refractivity contribution is 0.102. The maximum absolute atomic E-state index is 14.7. The van der Waals surface area contributed by atoms with Crippen LogP contribution >= 0.6 is 0 Å². The van der Waals surface area contributed by atoms with Crippen LogP contribution < -0.4 is 11.0 Å². The van der Waals surface area contributed by atoms with E-state index in [2.05, 4.69) is 15.4 Å². The van der Waals surface area contributed by atoms with Crippen molar-refractivity contribution in [2.24, 2.45) is 0 Å². The highest BCUT2D eigenvalue weighted by Gasteiger charge is 2.14. The van der Waals surface area contributed by atoms with Gasteiger partial charge in [-0.25, -0.2) is 13.9 Å². The van der Waals surface area contributed by atoms with Crippen LogP contribution in [0.4, 0.5) is 10.1 Å². The van der Waals surface area contributed by atoms with Crippen molar-refractivity contribution in [2.45, 2.75) is 20.8 Å². The summed E-state index contributed by atoms with van der Waals surface area (Å²) in [6.45, 7) is 5.47. The third-order valence-corrected chi connectivity index (χ3v) is 4.77. The zero-order chi connectivity index (χ0) is 21.4. The van der Waals surface area contributed by atoms with Crippen LogP contribution in [0, 0.1) is 26.6 Å². The molecule has 7 nitrogen and oxygen atoms in total. The zero-order valence-corrected chi connectivity index (χ0v) is 16.7. The van der Waals surface area contributed by atoms with Crippen LogP contribution in [-0.2, 0) is 0 Å². The molecule has 8 heteroatoms. The van der Waals surface area contributed by atoms with Gasteiger partial charge in [0.25, 0.3) is 5.91 Å². The number of aromatic nitrogens is 4. The standard InChI is InChI=1S/C22H20FN5O2/c1-13-9-14(2)28(26-13)20-8-7-16(10-19(20)23)21(29)25-17-5-4-6-18(11-17)27-15(3)12-24-22(27)30/h4-12H,1-3H3,(H,24,30)(H,25,29). The summed E-state index contributed by atoms with van der Waals surface area (Å²) in [5, 5.41) is 7.03. The second-order valence-electron chi connectivity index (χ2n) is 7.08. The van der Waals surface area contributed by atoms with Gasteiger partial charge < -0.3 is 10.3 Å². The molecule has 0 aliphatic heterocycles. The summed E-state index contributed by atoms with van der Waals surface area (Å²) in [5.41, 5.74) is 3.62. The van der Waals surface area contributed by atoms with E-state index in [1.807, 2.05) is 19.9 Å². The summed E-state index contributed by atoms with van der Waals surface area (Å²) >= 11 is 0. The average Bonchev–Trinajstić information content (AvgIpc) is 3.22. The number of halogens is 1. The molecule has 0 fully saturated rings. The summed E-state index contributed by atoms with van der Waals surface area (Å²) in [5.74, 6) is -0.999. The molecule has 152 valence electrons. The van der Waals surface area contributed by atoms with Crippen LogP contribution in [0.5, 0.6) is 0 Å². The van der Waals surface area contributed by atoms with Crippen LogP contribution in [0.25, 0.3) is 11.4 Å². The Labute approximate surface area is 171 Å². The van der Waals surface area contributed by atoms with E-state index < -0.39 is 11.7 Å².